The van der Waals surface area contributed by atoms with Crippen LogP contribution in [0, 0.1) is 0 Å². The molecule has 0 bridgehead atoms. The minimum absolute atomic E-state index is 0.512. The van der Waals surface area contributed by atoms with Gasteiger partial charge >= 0.3 is 0 Å². The molecule has 0 aromatic heterocycles. The van der Waals surface area contributed by atoms with Crippen LogP contribution in [0.1, 0.15) is 39.5 Å². The molecule has 6 nitrogen and oxygen atoms in total. The highest BCUT2D eigenvalue weighted by molar-refractivity contribution is 8.03. The third kappa shape index (κ3) is 8.03. The summed E-state index contributed by atoms with van der Waals surface area (Å²) in [5.74, 6) is 0. The molecule has 0 aliphatic carbocycles. The van der Waals surface area contributed by atoms with Gasteiger partial charge in [0.25, 0.3) is 20.2 Å². The quantitative estimate of drug-likeness (QED) is 0.526. The molecular weight excluding hydrogens is 256 g/mol. The SMILES string of the molecule is CCCC(CCC)OS(=O)(=O)CS(=O)(=O)O. The van der Waals surface area contributed by atoms with E-state index >= 15 is 0 Å². The highest BCUT2D eigenvalue weighted by Crippen LogP contribution is 2.13. The van der Waals surface area contributed by atoms with E-state index in [0.29, 0.717) is 12.8 Å². The van der Waals surface area contributed by atoms with Gasteiger partial charge in [0.15, 0.2) is 0 Å². The predicted octanol–water partition coefficient (Wildman–Crippen LogP) is 1.15. The molecule has 0 saturated heterocycles. The largest absolute Gasteiger partial charge is 0.285 e. The zero-order valence-corrected chi connectivity index (χ0v) is 11.1. The molecule has 0 amide bonds. The van der Waals surface area contributed by atoms with Crippen molar-refractivity contribution in [3.63, 3.8) is 0 Å². The third-order valence-corrected chi connectivity index (χ3v) is 4.71. The summed E-state index contributed by atoms with van der Waals surface area (Å²) in [4.78, 5) is 0. The average Bonchev–Trinajstić information content (AvgIpc) is 1.98. The van der Waals surface area contributed by atoms with E-state index in [1.54, 1.807) is 0 Å². The molecular formula is C8H18O6S2. The Morgan fingerprint density at radius 3 is 1.81 bits per heavy atom. The number of hydrogen-bond acceptors (Lipinski definition) is 5. The van der Waals surface area contributed by atoms with Crippen molar-refractivity contribution >= 4 is 20.2 Å². The average molecular weight is 274 g/mol. The molecule has 98 valence electrons. The van der Waals surface area contributed by atoms with Crippen LogP contribution in [0.3, 0.4) is 0 Å². The fraction of sp³-hybridized carbons (Fsp3) is 1.00. The summed E-state index contributed by atoms with van der Waals surface area (Å²) >= 11 is 0. The maximum Gasteiger partial charge on any atom is 0.284 e. The third-order valence-electron chi connectivity index (χ3n) is 1.80. The molecule has 0 rings (SSSR count). The van der Waals surface area contributed by atoms with Gasteiger partial charge in [0.2, 0.25) is 5.08 Å². The molecule has 0 spiro atoms. The first-order chi connectivity index (χ1) is 7.20. The molecule has 0 saturated carbocycles. The highest BCUT2D eigenvalue weighted by atomic mass is 32.3. The zero-order chi connectivity index (χ0) is 12.8. The van der Waals surface area contributed by atoms with E-state index in [-0.39, 0.29) is 0 Å². The van der Waals surface area contributed by atoms with Crippen LogP contribution < -0.4 is 0 Å². The second kappa shape index (κ2) is 6.53. The van der Waals surface area contributed by atoms with E-state index in [1.165, 1.54) is 0 Å². The summed E-state index contributed by atoms with van der Waals surface area (Å²) in [7, 11) is -8.79. The van der Waals surface area contributed by atoms with Gasteiger partial charge < -0.3 is 0 Å². The Morgan fingerprint density at radius 2 is 1.50 bits per heavy atom. The van der Waals surface area contributed by atoms with Crippen LogP contribution >= 0.6 is 0 Å². The Morgan fingerprint density at radius 1 is 1.06 bits per heavy atom. The van der Waals surface area contributed by atoms with Gasteiger partial charge in [-0.3, -0.25) is 8.74 Å². The summed E-state index contributed by atoms with van der Waals surface area (Å²) in [5.41, 5.74) is 0. The standard InChI is InChI=1S/C8H18O6S2/c1-3-5-8(6-4-2)14-16(12,13)7-15(9,10)11/h8H,3-7H2,1-2H3,(H,9,10,11). The Hall–Kier alpha value is -0.180. The van der Waals surface area contributed by atoms with Crippen LogP contribution in [0.25, 0.3) is 0 Å². The van der Waals surface area contributed by atoms with Crippen molar-refractivity contribution in [3.8, 4) is 0 Å². The van der Waals surface area contributed by atoms with Crippen molar-refractivity contribution in [2.24, 2.45) is 0 Å². The van der Waals surface area contributed by atoms with Gasteiger partial charge in [0.05, 0.1) is 6.10 Å². The number of hydrogen-bond donors (Lipinski definition) is 1. The summed E-state index contributed by atoms with van der Waals surface area (Å²) < 4.78 is 56.5. The molecule has 0 aromatic rings. The Labute approximate surface area is 96.9 Å². The van der Waals surface area contributed by atoms with E-state index in [9.17, 15) is 16.8 Å². The van der Waals surface area contributed by atoms with Gasteiger partial charge in [-0.25, -0.2) is 0 Å². The van der Waals surface area contributed by atoms with E-state index in [0.717, 1.165) is 12.8 Å². The first-order valence-corrected chi connectivity index (χ1v) is 8.25. The Bertz CT molecular complexity index is 377. The molecule has 0 atom stereocenters. The monoisotopic (exact) mass is 274 g/mol. The lowest BCUT2D eigenvalue weighted by Gasteiger charge is -2.15. The van der Waals surface area contributed by atoms with Crippen molar-refractivity contribution < 1.29 is 25.6 Å². The van der Waals surface area contributed by atoms with Gasteiger partial charge in [0.1, 0.15) is 0 Å². The molecule has 0 aromatic carbocycles. The van der Waals surface area contributed by atoms with Crippen LogP contribution in [-0.4, -0.2) is 32.6 Å². The fourth-order valence-electron chi connectivity index (χ4n) is 1.30. The lowest BCUT2D eigenvalue weighted by Crippen LogP contribution is -2.24. The molecule has 0 aliphatic heterocycles. The summed E-state index contributed by atoms with van der Waals surface area (Å²) in [6.45, 7) is 3.75. The first-order valence-electron chi connectivity index (χ1n) is 5.06. The highest BCUT2D eigenvalue weighted by Gasteiger charge is 2.24. The summed E-state index contributed by atoms with van der Waals surface area (Å²) in [6.07, 6.45) is 2.05. The van der Waals surface area contributed by atoms with Crippen molar-refractivity contribution in [2.75, 3.05) is 5.08 Å². The van der Waals surface area contributed by atoms with Crippen LogP contribution in [0.4, 0.5) is 0 Å². The Balaban J connectivity index is 4.53. The van der Waals surface area contributed by atoms with Gasteiger partial charge in [0, 0.05) is 0 Å². The zero-order valence-electron chi connectivity index (χ0n) is 9.42. The molecule has 0 aliphatic rings. The summed E-state index contributed by atoms with van der Waals surface area (Å²) in [5, 5.41) is -1.38. The normalized spacial score (nSPS) is 13.2. The van der Waals surface area contributed by atoms with E-state index in [1.807, 2.05) is 13.8 Å². The van der Waals surface area contributed by atoms with Gasteiger partial charge in [-0.1, -0.05) is 26.7 Å². The van der Waals surface area contributed by atoms with Crippen LogP contribution in [0.2, 0.25) is 0 Å². The van der Waals surface area contributed by atoms with Crippen molar-refractivity contribution in [1.82, 2.24) is 0 Å². The van der Waals surface area contributed by atoms with E-state index < -0.39 is 31.4 Å². The second-order valence-electron chi connectivity index (χ2n) is 3.55. The lowest BCUT2D eigenvalue weighted by molar-refractivity contribution is 0.187. The number of rotatable bonds is 8. The van der Waals surface area contributed by atoms with Gasteiger partial charge in [-0.2, -0.15) is 16.8 Å². The summed E-state index contributed by atoms with van der Waals surface area (Å²) in [6, 6.07) is 0. The van der Waals surface area contributed by atoms with Crippen LogP contribution in [-0.2, 0) is 24.4 Å². The van der Waals surface area contributed by atoms with E-state index in [4.69, 9.17) is 8.74 Å². The second-order valence-corrected chi connectivity index (χ2v) is 6.97. The van der Waals surface area contributed by atoms with Crippen molar-refractivity contribution in [3.05, 3.63) is 0 Å². The van der Waals surface area contributed by atoms with Gasteiger partial charge in [-0.05, 0) is 12.8 Å². The van der Waals surface area contributed by atoms with Crippen molar-refractivity contribution in [2.45, 2.75) is 45.6 Å². The van der Waals surface area contributed by atoms with Gasteiger partial charge in [-0.15, -0.1) is 0 Å². The minimum atomic E-state index is -4.57. The fourth-order valence-corrected chi connectivity index (χ4v) is 3.59. The molecule has 0 radical (unpaired) electrons. The maximum atomic E-state index is 11.2. The molecule has 0 fully saturated rings. The smallest absolute Gasteiger partial charge is 0.284 e. The molecule has 8 heteroatoms. The Kier molecular flexibility index (Phi) is 6.46. The molecule has 0 heterocycles. The lowest BCUT2D eigenvalue weighted by atomic mass is 10.1. The van der Waals surface area contributed by atoms with Crippen LogP contribution in [0.15, 0.2) is 0 Å². The predicted molar refractivity (Wildman–Crippen MR) is 60.0 cm³/mol. The topological polar surface area (TPSA) is 97.7 Å². The first kappa shape index (κ1) is 15.8. The van der Waals surface area contributed by atoms with E-state index in [2.05, 4.69) is 0 Å². The van der Waals surface area contributed by atoms with Crippen LogP contribution in [0.5, 0.6) is 0 Å². The molecule has 0 unspecified atom stereocenters. The molecule has 16 heavy (non-hydrogen) atoms. The van der Waals surface area contributed by atoms with Crippen molar-refractivity contribution in [1.29, 1.82) is 0 Å². The molecule has 1 N–H and O–H groups in total. The minimum Gasteiger partial charge on any atom is -0.285 e. The maximum absolute atomic E-state index is 11.2.